The monoisotopic (exact) mass is 434 g/mol. The zero-order chi connectivity index (χ0) is 22.7. The lowest BCUT2D eigenvalue weighted by molar-refractivity contribution is -0.356. The SMILES string of the molecule is Cc1cc(O)c2c(c1)C(O)(OC1OC(CO)C(O)C(O)C1O)c1cccc(O)c1C2=O. The highest BCUT2D eigenvalue weighted by molar-refractivity contribution is 6.16. The Bertz CT molecular complexity index is 1040. The average molecular weight is 434 g/mol. The first-order valence-corrected chi connectivity index (χ1v) is 9.52. The maximum absolute atomic E-state index is 13.0. The number of aromatic hydroxyl groups is 2. The fraction of sp³-hybridized carbons (Fsp3) is 0.381. The summed E-state index contributed by atoms with van der Waals surface area (Å²) < 4.78 is 11.0. The number of hydrogen-bond acceptors (Lipinski definition) is 10. The summed E-state index contributed by atoms with van der Waals surface area (Å²) >= 11 is 0. The van der Waals surface area contributed by atoms with Gasteiger partial charge in [0, 0.05) is 11.1 Å². The zero-order valence-electron chi connectivity index (χ0n) is 16.3. The number of benzene rings is 2. The van der Waals surface area contributed by atoms with Crippen LogP contribution in [0.15, 0.2) is 30.3 Å². The topological polar surface area (TPSA) is 177 Å². The number of phenols is 2. The molecule has 1 fully saturated rings. The number of aryl methyl sites for hydroxylation is 1. The molecule has 1 heterocycles. The Kier molecular flexibility index (Phi) is 5.26. The van der Waals surface area contributed by atoms with E-state index >= 15 is 0 Å². The van der Waals surface area contributed by atoms with Crippen LogP contribution in [0.4, 0.5) is 0 Å². The van der Waals surface area contributed by atoms with Gasteiger partial charge in [0.05, 0.1) is 17.7 Å². The molecule has 0 spiro atoms. The largest absolute Gasteiger partial charge is 0.507 e. The smallest absolute Gasteiger partial charge is 0.224 e. The highest BCUT2D eigenvalue weighted by Crippen LogP contribution is 2.47. The number of ketones is 1. The van der Waals surface area contributed by atoms with E-state index in [9.17, 15) is 40.5 Å². The standard InChI is InChI=1S/C21H22O10/c1-8-5-10-15(12(24)6-8)17(26)14-9(3-2-4-11(14)23)21(10,29)31-20-19(28)18(27)16(25)13(7-22)30-20/h2-6,13,16,18-20,22-25,27-29H,7H2,1H3. The van der Waals surface area contributed by atoms with Crippen molar-refractivity contribution in [3.05, 3.63) is 58.1 Å². The van der Waals surface area contributed by atoms with Crippen LogP contribution in [0.2, 0.25) is 0 Å². The third kappa shape index (κ3) is 3.20. The van der Waals surface area contributed by atoms with Gasteiger partial charge in [-0.15, -0.1) is 0 Å². The molecule has 10 heteroatoms. The van der Waals surface area contributed by atoms with Gasteiger partial charge in [0.2, 0.25) is 11.6 Å². The molecule has 0 bridgehead atoms. The molecule has 0 radical (unpaired) electrons. The first-order chi connectivity index (χ1) is 14.6. The Balaban J connectivity index is 1.89. The van der Waals surface area contributed by atoms with Gasteiger partial charge in [-0.3, -0.25) is 4.79 Å². The maximum Gasteiger partial charge on any atom is 0.224 e. The number of phenolic OH excluding ortho intramolecular Hbond substituents is 2. The van der Waals surface area contributed by atoms with Crippen molar-refractivity contribution in [2.75, 3.05) is 6.61 Å². The number of rotatable bonds is 3. The molecule has 7 N–H and O–H groups in total. The third-order valence-electron chi connectivity index (χ3n) is 5.62. The molecule has 1 aliphatic heterocycles. The van der Waals surface area contributed by atoms with Crippen molar-refractivity contribution in [2.24, 2.45) is 0 Å². The lowest BCUT2D eigenvalue weighted by atomic mass is 9.79. The first kappa shape index (κ1) is 21.7. The minimum absolute atomic E-state index is 0.162. The second-order valence-electron chi connectivity index (χ2n) is 7.69. The number of carbonyl (C=O) groups excluding carboxylic acids is 1. The lowest BCUT2D eigenvalue weighted by Gasteiger charge is -2.44. The lowest BCUT2D eigenvalue weighted by Crippen LogP contribution is -2.60. The van der Waals surface area contributed by atoms with Crippen LogP contribution < -0.4 is 0 Å². The summed E-state index contributed by atoms with van der Waals surface area (Å²) in [7, 11) is 0. The van der Waals surface area contributed by atoms with Crippen molar-refractivity contribution in [1.29, 1.82) is 0 Å². The van der Waals surface area contributed by atoms with Gasteiger partial charge in [-0.25, -0.2) is 0 Å². The molecule has 0 aromatic heterocycles. The van der Waals surface area contributed by atoms with E-state index in [2.05, 4.69) is 0 Å². The van der Waals surface area contributed by atoms with E-state index in [-0.39, 0.29) is 22.3 Å². The maximum atomic E-state index is 13.0. The summed E-state index contributed by atoms with van der Waals surface area (Å²) in [6.45, 7) is 0.895. The Morgan fingerprint density at radius 1 is 1.00 bits per heavy atom. The van der Waals surface area contributed by atoms with Gasteiger partial charge in [-0.2, -0.15) is 0 Å². The van der Waals surface area contributed by atoms with E-state index in [0.29, 0.717) is 5.56 Å². The van der Waals surface area contributed by atoms with Crippen molar-refractivity contribution >= 4 is 5.78 Å². The molecule has 2 aromatic rings. The predicted octanol–water partition coefficient (Wildman–Crippen LogP) is -1.04. The molecule has 6 atom stereocenters. The molecular formula is C21H22O10. The van der Waals surface area contributed by atoms with Crippen LogP contribution in [0.5, 0.6) is 11.5 Å². The average Bonchev–Trinajstić information content (AvgIpc) is 2.72. The molecule has 166 valence electrons. The minimum Gasteiger partial charge on any atom is -0.507 e. The third-order valence-corrected chi connectivity index (χ3v) is 5.62. The molecule has 0 amide bonds. The summed E-state index contributed by atoms with van der Waals surface area (Å²) in [5, 5.41) is 72.2. The van der Waals surface area contributed by atoms with Crippen molar-refractivity contribution in [3.63, 3.8) is 0 Å². The van der Waals surface area contributed by atoms with E-state index < -0.39 is 60.4 Å². The first-order valence-electron chi connectivity index (χ1n) is 9.52. The summed E-state index contributed by atoms with van der Waals surface area (Å²) in [6.07, 6.45) is -8.29. The second kappa shape index (κ2) is 7.53. The quantitative estimate of drug-likeness (QED) is 0.295. The number of aliphatic hydroxyl groups is 5. The summed E-state index contributed by atoms with van der Waals surface area (Å²) in [5.41, 5.74) is -0.492. The second-order valence-corrected chi connectivity index (χ2v) is 7.69. The number of fused-ring (bicyclic) bond motifs is 2. The van der Waals surface area contributed by atoms with Crippen LogP contribution in [0, 0.1) is 6.92 Å². The van der Waals surface area contributed by atoms with Gasteiger partial charge in [0.25, 0.3) is 0 Å². The molecule has 0 saturated carbocycles. The Morgan fingerprint density at radius 2 is 1.68 bits per heavy atom. The van der Waals surface area contributed by atoms with Crippen LogP contribution in [0.3, 0.4) is 0 Å². The Labute approximate surface area is 176 Å². The number of aliphatic hydroxyl groups excluding tert-OH is 4. The molecule has 31 heavy (non-hydrogen) atoms. The van der Waals surface area contributed by atoms with Gasteiger partial charge >= 0.3 is 0 Å². The van der Waals surface area contributed by atoms with Crippen LogP contribution in [-0.4, -0.2) is 78.8 Å². The summed E-state index contributed by atoms with van der Waals surface area (Å²) in [6, 6.07) is 6.60. The highest BCUT2D eigenvalue weighted by atomic mass is 16.8. The highest BCUT2D eigenvalue weighted by Gasteiger charge is 2.52. The van der Waals surface area contributed by atoms with Crippen molar-refractivity contribution in [3.8, 4) is 11.5 Å². The normalized spacial score (nSPS) is 32.5. The van der Waals surface area contributed by atoms with Gasteiger partial charge < -0.3 is 45.2 Å². The molecular weight excluding hydrogens is 412 g/mol. The molecule has 2 aliphatic rings. The van der Waals surface area contributed by atoms with E-state index in [1.54, 1.807) is 6.92 Å². The zero-order valence-corrected chi connectivity index (χ0v) is 16.3. The van der Waals surface area contributed by atoms with Crippen molar-refractivity contribution < 1.29 is 50.0 Å². The molecule has 1 aliphatic carbocycles. The summed E-state index contributed by atoms with van der Waals surface area (Å²) in [5.74, 6) is -4.18. The van der Waals surface area contributed by atoms with E-state index in [1.807, 2.05) is 0 Å². The van der Waals surface area contributed by atoms with Crippen LogP contribution in [-0.2, 0) is 15.3 Å². The van der Waals surface area contributed by atoms with E-state index in [4.69, 9.17) is 9.47 Å². The molecule has 6 unspecified atom stereocenters. The fourth-order valence-electron chi connectivity index (χ4n) is 4.06. The molecule has 10 nitrogen and oxygen atoms in total. The van der Waals surface area contributed by atoms with Gasteiger partial charge in [-0.05, 0) is 30.7 Å². The van der Waals surface area contributed by atoms with Crippen molar-refractivity contribution in [1.82, 2.24) is 0 Å². The van der Waals surface area contributed by atoms with Gasteiger partial charge in [-0.1, -0.05) is 12.1 Å². The minimum atomic E-state index is -2.51. The van der Waals surface area contributed by atoms with E-state index in [0.717, 1.165) is 0 Å². The molecule has 2 aromatic carbocycles. The van der Waals surface area contributed by atoms with Crippen LogP contribution >= 0.6 is 0 Å². The number of ether oxygens (including phenoxy) is 2. The Hall–Kier alpha value is -2.57. The predicted molar refractivity (Wildman–Crippen MR) is 102 cm³/mol. The Morgan fingerprint density at radius 3 is 2.35 bits per heavy atom. The van der Waals surface area contributed by atoms with Crippen LogP contribution in [0.25, 0.3) is 0 Å². The van der Waals surface area contributed by atoms with Crippen LogP contribution in [0.1, 0.15) is 32.6 Å². The number of carbonyl (C=O) groups is 1. The van der Waals surface area contributed by atoms with E-state index in [1.165, 1.54) is 30.3 Å². The van der Waals surface area contributed by atoms with Gasteiger partial charge in [0.15, 0.2) is 6.29 Å². The molecule has 4 rings (SSSR count). The number of hydrogen-bond donors (Lipinski definition) is 7. The fourth-order valence-corrected chi connectivity index (χ4v) is 4.06. The summed E-state index contributed by atoms with van der Waals surface area (Å²) in [4.78, 5) is 13.0. The van der Waals surface area contributed by atoms with Crippen molar-refractivity contribution in [2.45, 2.75) is 43.4 Å². The molecule has 1 saturated heterocycles. The van der Waals surface area contributed by atoms with Gasteiger partial charge in [0.1, 0.15) is 35.9 Å².